The molecule has 0 saturated carbocycles. The van der Waals surface area contributed by atoms with Crippen LogP contribution < -0.4 is 0 Å². The van der Waals surface area contributed by atoms with Gasteiger partial charge in [0, 0.05) is 6.54 Å². The molecule has 1 heterocycles. The predicted molar refractivity (Wildman–Crippen MR) is 60.6 cm³/mol. The van der Waals surface area contributed by atoms with Crippen LogP contribution >= 0.6 is 0 Å². The molecule has 0 aromatic carbocycles. The molecule has 1 fully saturated rings. The van der Waals surface area contributed by atoms with Crippen LogP contribution in [-0.4, -0.2) is 36.6 Å². The van der Waals surface area contributed by atoms with Crippen LogP contribution in [0.1, 0.15) is 34.1 Å². The first-order valence-corrected chi connectivity index (χ1v) is 5.71. The zero-order chi connectivity index (χ0) is 11.6. The molecule has 88 valence electrons. The third kappa shape index (κ3) is 3.82. The van der Waals surface area contributed by atoms with Crippen molar-refractivity contribution in [1.29, 1.82) is 0 Å². The van der Waals surface area contributed by atoms with Crippen LogP contribution in [0.25, 0.3) is 0 Å². The normalized spacial score (nSPS) is 28.9. The molecule has 0 aliphatic carbocycles. The second-order valence-electron chi connectivity index (χ2n) is 5.67. The van der Waals surface area contributed by atoms with Crippen LogP contribution in [0.4, 0.5) is 0 Å². The van der Waals surface area contributed by atoms with Crippen LogP contribution in [-0.2, 0) is 9.53 Å². The smallest absolute Gasteiger partial charge is 0.309 e. The molecule has 1 saturated heterocycles. The highest BCUT2D eigenvalue weighted by Crippen LogP contribution is 2.25. The minimum Gasteiger partial charge on any atom is -0.460 e. The molecule has 1 rings (SSSR count). The monoisotopic (exact) mass is 213 g/mol. The fraction of sp³-hybridized carbons (Fsp3) is 0.917. The van der Waals surface area contributed by atoms with Gasteiger partial charge in [0.15, 0.2) is 0 Å². The summed E-state index contributed by atoms with van der Waals surface area (Å²) in [6, 6.07) is 0. The maximum atomic E-state index is 11.9. The number of esters is 1. The van der Waals surface area contributed by atoms with Gasteiger partial charge >= 0.3 is 5.97 Å². The number of ether oxygens (including phenoxy) is 1. The molecule has 3 heteroatoms. The number of carbonyl (C=O) groups excluding carboxylic acids is 1. The Balaban J connectivity index is 2.53. The fourth-order valence-electron chi connectivity index (χ4n) is 2.08. The van der Waals surface area contributed by atoms with E-state index >= 15 is 0 Å². The average molecular weight is 213 g/mol. The summed E-state index contributed by atoms with van der Waals surface area (Å²) in [7, 11) is 2.10. The summed E-state index contributed by atoms with van der Waals surface area (Å²) in [4.78, 5) is 14.2. The third-order valence-corrected chi connectivity index (χ3v) is 2.82. The van der Waals surface area contributed by atoms with Gasteiger partial charge < -0.3 is 9.64 Å². The molecule has 0 radical (unpaired) electrons. The van der Waals surface area contributed by atoms with E-state index in [1.54, 1.807) is 0 Å². The van der Waals surface area contributed by atoms with Crippen LogP contribution in [0.5, 0.6) is 0 Å². The van der Waals surface area contributed by atoms with Gasteiger partial charge in [-0.2, -0.15) is 0 Å². The Bertz CT molecular complexity index is 232. The Morgan fingerprint density at radius 3 is 2.47 bits per heavy atom. The molecule has 0 bridgehead atoms. The summed E-state index contributed by atoms with van der Waals surface area (Å²) in [6.07, 6.45) is 0.923. The average Bonchev–Trinajstić information content (AvgIpc) is 1.99. The highest BCUT2D eigenvalue weighted by atomic mass is 16.6. The van der Waals surface area contributed by atoms with Crippen molar-refractivity contribution in [3.8, 4) is 0 Å². The highest BCUT2D eigenvalue weighted by molar-refractivity contribution is 5.73. The van der Waals surface area contributed by atoms with Crippen molar-refractivity contribution in [2.24, 2.45) is 11.8 Å². The highest BCUT2D eigenvalue weighted by Gasteiger charge is 2.33. The maximum absolute atomic E-state index is 11.9. The standard InChI is InChI=1S/C12H23NO2/c1-9-8-13(5)7-6-10(9)11(14)15-12(2,3)4/h9-10H,6-8H2,1-5H3/t9-,10+/m0/s1. The molecular weight excluding hydrogens is 190 g/mol. The summed E-state index contributed by atoms with van der Waals surface area (Å²) in [5.41, 5.74) is -0.361. The lowest BCUT2D eigenvalue weighted by molar-refractivity contribution is -0.163. The summed E-state index contributed by atoms with van der Waals surface area (Å²) in [5.74, 6) is 0.460. The molecule has 3 nitrogen and oxygen atoms in total. The zero-order valence-corrected chi connectivity index (χ0v) is 10.5. The maximum Gasteiger partial charge on any atom is 0.309 e. The van der Waals surface area contributed by atoms with E-state index in [1.807, 2.05) is 20.8 Å². The number of hydrogen-bond donors (Lipinski definition) is 0. The Labute approximate surface area is 92.8 Å². The van der Waals surface area contributed by atoms with Crippen molar-refractivity contribution in [3.63, 3.8) is 0 Å². The molecule has 1 aliphatic rings. The largest absolute Gasteiger partial charge is 0.460 e. The molecule has 15 heavy (non-hydrogen) atoms. The molecule has 2 atom stereocenters. The van der Waals surface area contributed by atoms with Gasteiger partial charge in [0.25, 0.3) is 0 Å². The lowest BCUT2D eigenvalue weighted by Crippen LogP contribution is -2.42. The second-order valence-corrected chi connectivity index (χ2v) is 5.67. The number of rotatable bonds is 1. The molecule has 0 amide bonds. The van der Waals surface area contributed by atoms with Crippen molar-refractivity contribution in [2.45, 2.75) is 39.7 Å². The quantitative estimate of drug-likeness (QED) is 0.623. The predicted octanol–water partition coefficient (Wildman–Crippen LogP) is 1.92. The van der Waals surface area contributed by atoms with E-state index in [0.29, 0.717) is 5.92 Å². The van der Waals surface area contributed by atoms with Crippen molar-refractivity contribution in [1.82, 2.24) is 4.90 Å². The minimum atomic E-state index is -0.361. The number of likely N-dealkylation sites (tertiary alicyclic amines) is 1. The van der Waals surface area contributed by atoms with Gasteiger partial charge in [0.1, 0.15) is 5.60 Å². The van der Waals surface area contributed by atoms with Gasteiger partial charge in [-0.05, 0) is 46.7 Å². The van der Waals surface area contributed by atoms with Gasteiger partial charge in [-0.1, -0.05) is 6.92 Å². The second kappa shape index (κ2) is 4.52. The van der Waals surface area contributed by atoms with Crippen molar-refractivity contribution in [2.75, 3.05) is 20.1 Å². The van der Waals surface area contributed by atoms with Crippen LogP contribution in [0.2, 0.25) is 0 Å². The number of hydrogen-bond acceptors (Lipinski definition) is 3. The molecular formula is C12H23NO2. The van der Waals surface area contributed by atoms with Crippen LogP contribution in [0.15, 0.2) is 0 Å². The SMILES string of the molecule is C[C@H]1CN(C)CC[C@H]1C(=O)OC(C)(C)C. The minimum absolute atomic E-state index is 0.0249. The van der Waals surface area contributed by atoms with Crippen molar-refractivity contribution < 1.29 is 9.53 Å². The van der Waals surface area contributed by atoms with Crippen LogP contribution in [0, 0.1) is 11.8 Å². The lowest BCUT2D eigenvalue weighted by Gasteiger charge is -2.34. The zero-order valence-electron chi connectivity index (χ0n) is 10.5. The Hall–Kier alpha value is -0.570. The molecule has 1 aliphatic heterocycles. The van der Waals surface area contributed by atoms with E-state index in [4.69, 9.17) is 4.74 Å². The van der Waals surface area contributed by atoms with Gasteiger partial charge in [0.05, 0.1) is 5.92 Å². The molecule has 0 unspecified atom stereocenters. The van der Waals surface area contributed by atoms with E-state index in [9.17, 15) is 4.79 Å². The third-order valence-electron chi connectivity index (χ3n) is 2.82. The van der Waals surface area contributed by atoms with Gasteiger partial charge in [-0.15, -0.1) is 0 Å². The first-order chi connectivity index (χ1) is 6.79. The van der Waals surface area contributed by atoms with Crippen molar-refractivity contribution >= 4 is 5.97 Å². The Morgan fingerprint density at radius 2 is 2.00 bits per heavy atom. The number of nitrogens with zero attached hydrogens (tertiary/aromatic N) is 1. The lowest BCUT2D eigenvalue weighted by atomic mass is 9.87. The van der Waals surface area contributed by atoms with E-state index < -0.39 is 0 Å². The number of carbonyl (C=O) groups is 1. The summed E-state index contributed by atoms with van der Waals surface area (Å²) >= 11 is 0. The molecule has 0 aromatic heterocycles. The van der Waals surface area contributed by atoms with Gasteiger partial charge in [-0.25, -0.2) is 0 Å². The molecule has 0 N–H and O–H groups in total. The molecule has 0 spiro atoms. The summed E-state index contributed by atoms with van der Waals surface area (Å²) < 4.78 is 5.43. The van der Waals surface area contributed by atoms with Crippen LogP contribution in [0.3, 0.4) is 0 Å². The van der Waals surface area contributed by atoms with E-state index in [1.165, 1.54) is 0 Å². The Kier molecular flexibility index (Phi) is 3.77. The van der Waals surface area contributed by atoms with Crippen molar-refractivity contribution in [3.05, 3.63) is 0 Å². The first-order valence-electron chi connectivity index (χ1n) is 5.71. The first kappa shape index (κ1) is 12.5. The van der Waals surface area contributed by atoms with E-state index in [0.717, 1.165) is 19.5 Å². The number of piperidine rings is 1. The summed E-state index contributed by atoms with van der Waals surface area (Å²) in [6.45, 7) is 9.88. The van der Waals surface area contributed by atoms with Gasteiger partial charge in [-0.3, -0.25) is 4.79 Å². The van der Waals surface area contributed by atoms with E-state index in [2.05, 4.69) is 18.9 Å². The summed E-state index contributed by atoms with van der Waals surface area (Å²) in [5, 5.41) is 0. The Morgan fingerprint density at radius 1 is 1.40 bits per heavy atom. The van der Waals surface area contributed by atoms with E-state index in [-0.39, 0.29) is 17.5 Å². The molecule has 0 aromatic rings. The fourth-order valence-corrected chi connectivity index (χ4v) is 2.08. The topological polar surface area (TPSA) is 29.5 Å². The van der Waals surface area contributed by atoms with Gasteiger partial charge in [0.2, 0.25) is 0 Å².